The molecule has 0 unspecified atom stereocenters. The molecule has 0 bridgehead atoms. The first-order chi connectivity index (χ1) is 13.9. The van der Waals surface area contributed by atoms with Gasteiger partial charge in [-0.3, -0.25) is 14.5 Å². The van der Waals surface area contributed by atoms with Crippen molar-refractivity contribution in [2.24, 2.45) is 0 Å². The third kappa shape index (κ3) is 3.64. The first-order valence-corrected chi connectivity index (χ1v) is 10.6. The zero-order valence-corrected chi connectivity index (χ0v) is 17.9. The highest BCUT2D eigenvalue weighted by molar-refractivity contribution is 6.02. The Kier molecular flexibility index (Phi) is 5.34. The first-order valence-electron chi connectivity index (χ1n) is 10.6. The van der Waals surface area contributed by atoms with Gasteiger partial charge in [-0.1, -0.05) is 24.3 Å². The molecule has 0 radical (unpaired) electrons. The summed E-state index contributed by atoms with van der Waals surface area (Å²) in [5.74, 6) is -0.0118. The Morgan fingerprint density at radius 2 is 1.79 bits per heavy atom. The zero-order valence-electron chi connectivity index (χ0n) is 17.9. The summed E-state index contributed by atoms with van der Waals surface area (Å²) in [6.45, 7) is 7.30. The fourth-order valence-corrected chi connectivity index (χ4v) is 5.19. The lowest BCUT2D eigenvalue weighted by Gasteiger charge is -2.40. The summed E-state index contributed by atoms with van der Waals surface area (Å²) in [4.78, 5) is 32.7. The number of nitrogens with zero attached hydrogens (tertiary/aromatic N) is 2. The van der Waals surface area contributed by atoms with E-state index in [1.54, 1.807) is 0 Å². The number of ketones is 1. The number of Topliss-reactive ketones (excluding diaryl/α,β-unsaturated/α-hetero) is 1. The Labute approximate surface area is 173 Å². The number of hydrogen-bond acceptors (Lipinski definition) is 3. The average molecular weight is 394 g/mol. The van der Waals surface area contributed by atoms with Crippen LogP contribution in [0, 0.1) is 13.8 Å². The maximum atomic E-state index is 13.3. The molecule has 5 nitrogen and oxygen atoms in total. The minimum atomic E-state index is -0.0306. The van der Waals surface area contributed by atoms with Crippen molar-refractivity contribution in [3.05, 3.63) is 57.9 Å². The Morgan fingerprint density at radius 1 is 1.14 bits per heavy atom. The number of aryl methyl sites for hydroxylation is 1. The zero-order chi connectivity index (χ0) is 20.7. The molecular formula is C24H31N3O2. The SMILES string of the molecule is CC(=O)c1[nH]c(C)c(C(=O)N(C)[C@@H]2CCCN(C3Cc4ccccc4C3)C2)c1C. The number of amides is 1. The molecule has 1 aliphatic heterocycles. The van der Waals surface area contributed by atoms with Crippen LogP contribution < -0.4 is 0 Å². The summed E-state index contributed by atoms with van der Waals surface area (Å²) in [6.07, 6.45) is 4.36. The number of likely N-dealkylation sites (tertiary alicyclic amines) is 1. The summed E-state index contributed by atoms with van der Waals surface area (Å²) >= 11 is 0. The predicted octanol–water partition coefficient (Wildman–Crippen LogP) is 3.54. The summed E-state index contributed by atoms with van der Waals surface area (Å²) in [5, 5.41) is 0. The van der Waals surface area contributed by atoms with Crippen molar-refractivity contribution in [3.8, 4) is 0 Å². The number of fused-ring (bicyclic) bond motifs is 1. The topological polar surface area (TPSA) is 56.4 Å². The summed E-state index contributed by atoms with van der Waals surface area (Å²) in [5.41, 5.74) is 5.70. The number of piperidine rings is 1. The molecule has 1 atom stereocenters. The minimum absolute atomic E-state index is 0.0188. The van der Waals surface area contributed by atoms with Gasteiger partial charge in [0.2, 0.25) is 0 Å². The second kappa shape index (κ2) is 7.79. The van der Waals surface area contributed by atoms with Crippen molar-refractivity contribution in [3.63, 3.8) is 0 Å². The number of H-pyrrole nitrogens is 1. The van der Waals surface area contributed by atoms with Crippen LogP contribution in [-0.2, 0) is 12.8 Å². The highest BCUT2D eigenvalue weighted by Crippen LogP contribution is 2.29. The molecule has 1 aromatic carbocycles. The van der Waals surface area contributed by atoms with Crippen molar-refractivity contribution in [1.29, 1.82) is 0 Å². The molecule has 1 aromatic heterocycles. The van der Waals surface area contributed by atoms with Gasteiger partial charge in [0.25, 0.3) is 5.91 Å². The first kappa shape index (κ1) is 19.9. The van der Waals surface area contributed by atoms with Crippen molar-refractivity contribution in [1.82, 2.24) is 14.8 Å². The van der Waals surface area contributed by atoms with Gasteiger partial charge in [-0.2, -0.15) is 0 Å². The molecule has 2 aromatic rings. The molecule has 2 aliphatic rings. The van der Waals surface area contributed by atoms with Gasteiger partial charge in [0.1, 0.15) is 0 Å². The molecule has 1 saturated heterocycles. The number of likely N-dealkylation sites (N-methyl/N-ethyl adjacent to an activating group) is 1. The Hall–Kier alpha value is -2.40. The molecule has 154 valence electrons. The van der Waals surface area contributed by atoms with Crippen molar-refractivity contribution in [2.75, 3.05) is 20.1 Å². The van der Waals surface area contributed by atoms with E-state index in [1.165, 1.54) is 18.1 Å². The van der Waals surface area contributed by atoms with Crippen LogP contribution in [0.15, 0.2) is 24.3 Å². The summed E-state index contributed by atoms with van der Waals surface area (Å²) in [7, 11) is 1.92. The maximum Gasteiger partial charge on any atom is 0.255 e. The molecule has 1 amide bonds. The van der Waals surface area contributed by atoms with Crippen LogP contribution in [-0.4, -0.2) is 58.7 Å². The van der Waals surface area contributed by atoms with E-state index in [1.807, 2.05) is 25.8 Å². The Bertz CT molecular complexity index is 921. The third-order valence-electron chi connectivity index (χ3n) is 6.85. The number of carbonyl (C=O) groups is 2. The van der Waals surface area contributed by atoms with Gasteiger partial charge in [0.05, 0.1) is 11.3 Å². The minimum Gasteiger partial charge on any atom is -0.355 e. The Balaban J connectivity index is 1.47. The number of carbonyl (C=O) groups excluding carboxylic acids is 2. The fraction of sp³-hybridized carbons (Fsp3) is 0.500. The standard InChI is InChI=1S/C24H31N3O2/c1-15-22(16(2)25-23(15)17(3)28)24(29)26(4)20-10-7-11-27(14-20)21-12-18-8-5-6-9-19(18)13-21/h5-6,8-9,20-21,25H,7,10-14H2,1-4H3/t20-/m1/s1. The van der Waals surface area contributed by atoms with Crippen LogP contribution in [0.2, 0.25) is 0 Å². The number of hydrogen-bond donors (Lipinski definition) is 1. The van der Waals surface area contributed by atoms with Gasteiger partial charge in [-0.25, -0.2) is 0 Å². The van der Waals surface area contributed by atoms with E-state index in [2.05, 4.69) is 34.1 Å². The van der Waals surface area contributed by atoms with Crippen LogP contribution in [0.25, 0.3) is 0 Å². The van der Waals surface area contributed by atoms with Crippen LogP contribution in [0.1, 0.15) is 63.0 Å². The Morgan fingerprint density at radius 3 is 2.38 bits per heavy atom. The molecule has 2 heterocycles. The van der Waals surface area contributed by atoms with Gasteiger partial charge in [-0.05, 0) is 62.8 Å². The second-order valence-electron chi connectivity index (χ2n) is 8.72. The largest absolute Gasteiger partial charge is 0.355 e. The van der Waals surface area contributed by atoms with Gasteiger partial charge in [0.15, 0.2) is 5.78 Å². The van der Waals surface area contributed by atoms with E-state index in [9.17, 15) is 9.59 Å². The quantitative estimate of drug-likeness (QED) is 0.809. The van der Waals surface area contributed by atoms with Crippen LogP contribution in [0.5, 0.6) is 0 Å². The number of nitrogens with one attached hydrogen (secondary N) is 1. The molecule has 1 aliphatic carbocycles. The highest BCUT2D eigenvalue weighted by atomic mass is 16.2. The van der Waals surface area contributed by atoms with Crippen LogP contribution >= 0.6 is 0 Å². The monoisotopic (exact) mass is 393 g/mol. The lowest BCUT2D eigenvalue weighted by atomic mass is 9.99. The smallest absolute Gasteiger partial charge is 0.255 e. The second-order valence-corrected chi connectivity index (χ2v) is 8.72. The normalized spacial score (nSPS) is 19.9. The van der Waals surface area contributed by atoms with E-state index < -0.39 is 0 Å². The lowest BCUT2D eigenvalue weighted by Crippen LogP contribution is -2.51. The van der Waals surface area contributed by atoms with Crippen LogP contribution in [0.3, 0.4) is 0 Å². The third-order valence-corrected chi connectivity index (χ3v) is 6.85. The maximum absolute atomic E-state index is 13.3. The van der Waals surface area contributed by atoms with Crippen molar-refractivity contribution >= 4 is 11.7 Å². The highest BCUT2D eigenvalue weighted by Gasteiger charge is 2.34. The molecule has 1 fully saturated rings. The molecule has 4 rings (SSSR count). The number of benzene rings is 1. The fourth-order valence-electron chi connectivity index (χ4n) is 5.19. The van der Waals surface area contributed by atoms with Crippen molar-refractivity contribution in [2.45, 2.75) is 58.5 Å². The number of rotatable bonds is 4. The molecule has 5 heteroatoms. The van der Waals surface area contributed by atoms with Crippen molar-refractivity contribution < 1.29 is 9.59 Å². The van der Waals surface area contributed by atoms with Gasteiger partial charge >= 0.3 is 0 Å². The number of aromatic amines is 1. The van der Waals surface area contributed by atoms with E-state index in [-0.39, 0.29) is 17.7 Å². The molecular weight excluding hydrogens is 362 g/mol. The van der Waals surface area contributed by atoms with Gasteiger partial charge in [-0.15, -0.1) is 0 Å². The van der Waals surface area contributed by atoms with Gasteiger partial charge in [0, 0.05) is 38.3 Å². The van der Waals surface area contributed by atoms with Crippen LogP contribution in [0.4, 0.5) is 0 Å². The van der Waals surface area contributed by atoms with Gasteiger partial charge < -0.3 is 9.88 Å². The van der Waals surface area contributed by atoms with E-state index >= 15 is 0 Å². The van der Waals surface area contributed by atoms with E-state index in [4.69, 9.17) is 0 Å². The molecule has 1 N–H and O–H groups in total. The van der Waals surface area contributed by atoms with E-state index in [0.29, 0.717) is 17.3 Å². The molecule has 0 spiro atoms. The predicted molar refractivity (Wildman–Crippen MR) is 115 cm³/mol. The molecule has 29 heavy (non-hydrogen) atoms. The summed E-state index contributed by atoms with van der Waals surface area (Å²) in [6, 6.07) is 9.49. The number of aromatic nitrogens is 1. The van der Waals surface area contributed by atoms with E-state index in [0.717, 1.165) is 50.0 Å². The molecule has 0 saturated carbocycles. The summed E-state index contributed by atoms with van der Waals surface area (Å²) < 4.78 is 0. The lowest BCUT2D eigenvalue weighted by molar-refractivity contribution is 0.0554. The average Bonchev–Trinajstić information content (AvgIpc) is 3.27.